The van der Waals surface area contributed by atoms with Crippen LogP contribution in [0.4, 0.5) is 0 Å². The van der Waals surface area contributed by atoms with Crippen LogP contribution in [-0.4, -0.2) is 23.1 Å². The Labute approximate surface area is 85.9 Å². The highest BCUT2D eigenvalue weighted by Gasteiger charge is 2.20. The summed E-state index contributed by atoms with van der Waals surface area (Å²) in [7, 11) is 1.52. The van der Waals surface area contributed by atoms with Gasteiger partial charge in [0.25, 0.3) is 0 Å². The number of carbonyl (C=O) groups is 1. The molecule has 0 radical (unpaired) electrons. The average Bonchev–Trinajstić information content (AvgIpc) is 2.64. The van der Waals surface area contributed by atoms with E-state index in [1.165, 1.54) is 20.2 Å². The van der Waals surface area contributed by atoms with Crippen molar-refractivity contribution in [3.8, 4) is 5.75 Å². The molecule has 78 valence electrons. The highest BCUT2D eigenvalue weighted by atomic mass is 16.5. The summed E-state index contributed by atoms with van der Waals surface area (Å²) in [6, 6.07) is 1.60. The summed E-state index contributed by atoms with van der Waals surface area (Å²) < 4.78 is 6.06. The quantitative estimate of drug-likeness (QED) is 0.437. The summed E-state index contributed by atoms with van der Waals surface area (Å²) in [5, 5.41) is 10.1. The first-order valence-electron chi connectivity index (χ1n) is 4.45. The van der Waals surface area contributed by atoms with Crippen molar-refractivity contribution in [1.29, 1.82) is 0 Å². The summed E-state index contributed by atoms with van der Waals surface area (Å²) in [5.41, 5.74) is 0.949. The molecular weight excluding hydrogens is 196 g/mol. The summed E-state index contributed by atoms with van der Waals surface area (Å²) >= 11 is 0. The zero-order valence-corrected chi connectivity index (χ0v) is 8.44. The molecule has 0 saturated heterocycles. The van der Waals surface area contributed by atoms with Gasteiger partial charge in [-0.15, -0.1) is 0 Å². The molecule has 0 spiro atoms. The normalized spacial score (nSPS) is 10.5. The lowest BCUT2D eigenvalue weighted by Gasteiger charge is -2.00. The number of methoxy groups -OCH3 is 1. The van der Waals surface area contributed by atoms with Gasteiger partial charge in [0, 0.05) is 6.07 Å². The Morgan fingerprint density at radius 2 is 2.33 bits per heavy atom. The van der Waals surface area contributed by atoms with Crippen LogP contribution >= 0.6 is 0 Å². The molecule has 5 nitrogen and oxygen atoms in total. The Morgan fingerprint density at radius 1 is 1.60 bits per heavy atom. The van der Waals surface area contributed by atoms with E-state index < -0.39 is 0 Å². The SMILES string of the molecule is COc1cc[n+](O)c2[nH]cc(C(C)=O)c12. The van der Waals surface area contributed by atoms with Crippen LogP contribution < -0.4 is 9.47 Å². The average molecular weight is 207 g/mol. The van der Waals surface area contributed by atoms with E-state index in [9.17, 15) is 10.0 Å². The molecule has 5 heteroatoms. The van der Waals surface area contributed by atoms with Gasteiger partial charge in [0.05, 0.1) is 12.7 Å². The van der Waals surface area contributed by atoms with Crippen LogP contribution in [0.25, 0.3) is 11.0 Å². The van der Waals surface area contributed by atoms with Crippen molar-refractivity contribution in [2.24, 2.45) is 0 Å². The Balaban J connectivity index is 2.86. The number of Topliss-reactive ketones (excluding diaryl/α,β-unsaturated/α-hetero) is 1. The number of nitrogens with one attached hydrogen (secondary N) is 1. The maximum atomic E-state index is 11.3. The largest absolute Gasteiger partial charge is 0.496 e. The number of carbonyl (C=O) groups excluding carboxylic acids is 1. The molecule has 0 aliphatic rings. The second-order valence-corrected chi connectivity index (χ2v) is 3.21. The molecular formula is C10H11N2O3+. The summed E-state index contributed by atoms with van der Waals surface area (Å²) in [6.07, 6.45) is 3.00. The molecule has 0 unspecified atom stereocenters. The van der Waals surface area contributed by atoms with Gasteiger partial charge in [-0.05, 0) is 6.92 Å². The third-order valence-corrected chi connectivity index (χ3v) is 2.30. The van der Waals surface area contributed by atoms with Gasteiger partial charge >= 0.3 is 5.65 Å². The molecule has 2 rings (SSSR count). The fraction of sp³-hybridized carbons (Fsp3) is 0.200. The number of pyridine rings is 1. The fourth-order valence-electron chi connectivity index (χ4n) is 1.59. The molecule has 2 heterocycles. The first kappa shape index (κ1) is 9.51. The number of fused-ring (bicyclic) bond motifs is 1. The highest BCUT2D eigenvalue weighted by molar-refractivity contribution is 6.07. The van der Waals surface area contributed by atoms with Crippen LogP contribution in [0.5, 0.6) is 5.75 Å². The number of rotatable bonds is 2. The minimum atomic E-state index is -0.0780. The van der Waals surface area contributed by atoms with Gasteiger partial charge in [0.15, 0.2) is 5.78 Å². The van der Waals surface area contributed by atoms with Crippen molar-refractivity contribution in [2.45, 2.75) is 6.92 Å². The zero-order chi connectivity index (χ0) is 11.0. The Kier molecular flexibility index (Phi) is 2.07. The van der Waals surface area contributed by atoms with E-state index in [2.05, 4.69) is 4.98 Å². The molecule has 0 aromatic carbocycles. The molecule has 0 aliphatic heterocycles. The minimum absolute atomic E-state index is 0.0780. The van der Waals surface area contributed by atoms with E-state index in [1.54, 1.807) is 12.3 Å². The summed E-state index contributed by atoms with van der Waals surface area (Å²) in [4.78, 5) is 14.2. The Hall–Kier alpha value is -2.04. The van der Waals surface area contributed by atoms with Crippen LogP contribution in [-0.2, 0) is 0 Å². The van der Waals surface area contributed by atoms with Crippen LogP contribution in [0.2, 0.25) is 0 Å². The fourth-order valence-corrected chi connectivity index (χ4v) is 1.59. The molecule has 0 aliphatic carbocycles. The van der Waals surface area contributed by atoms with E-state index in [1.807, 2.05) is 0 Å². The smallest absolute Gasteiger partial charge is 0.330 e. The minimum Gasteiger partial charge on any atom is -0.496 e. The highest BCUT2D eigenvalue weighted by Crippen LogP contribution is 2.26. The maximum absolute atomic E-state index is 11.3. The number of hydrogen-bond acceptors (Lipinski definition) is 3. The lowest BCUT2D eigenvalue weighted by molar-refractivity contribution is -0.885. The predicted molar refractivity (Wildman–Crippen MR) is 52.2 cm³/mol. The molecule has 0 bridgehead atoms. The van der Waals surface area contributed by atoms with Crippen molar-refractivity contribution in [1.82, 2.24) is 4.98 Å². The second kappa shape index (κ2) is 3.27. The number of H-pyrrole nitrogens is 1. The van der Waals surface area contributed by atoms with Gasteiger partial charge < -0.3 is 9.94 Å². The van der Waals surface area contributed by atoms with Crippen molar-refractivity contribution in [3.05, 3.63) is 24.0 Å². The maximum Gasteiger partial charge on any atom is 0.330 e. The number of ketones is 1. The van der Waals surface area contributed by atoms with Gasteiger partial charge in [-0.1, -0.05) is 4.73 Å². The second-order valence-electron chi connectivity index (χ2n) is 3.21. The van der Waals surface area contributed by atoms with Gasteiger partial charge in [-0.25, -0.2) is 4.98 Å². The Morgan fingerprint density at radius 3 is 2.93 bits per heavy atom. The van der Waals surface area contributed by atoms with Crippen molar-refractivity contribution in [2.75, 3.05) is 7.11 Å². The molecule has 0 fully saturated rings. The van der Waals surface area contributed by atoms with E-state index >= 15 is 0 Å². The molecule has 0 amide bonds. The Bertz CT molecular complexity index is 531. The van der Waals surface area contributed by atoms with E-state index in [4.69, 9.17) is 4.74 Å². The number of hydrogen-bond donors (Lipinski definition) is 2. The zero-order valence-electron chi connectivity index (χ0n) is 8.44. The van der Waals surface area contributed by atoms with Gasteiger partial charge in [-0.2, -0.15) is 0 Å². The van der Waals surface area contributed by atoms with Crippen molar-refractivity contribution < 1.29 is 19.5 Å². The molecule has 2 aromatic rings. The number of ether oxygens (including phenoxy) is 1. The number of nitrogens with zero attached hydrogens (tertiary/aromatic N) is 1. The lowest BCUT2D eigenvalue weighted by atomic mass is 10.1. The van der Waals surface area contributed by atoms with E-state index in [0.29, 0.717) is 22.3 Å². The monoisotopic (exact) mass is 207 g/mol. The molecule has 0 atom stereocenters. The first-order chi connectivity index (χ1) is 7.15. The van der Waals surface area contributed by atoms with E-state index in [0.717, 1.165) is 4.73 Å². The summed E-state index contributed by atoms with van der Waals surface area (Å²) in [6.45, 7) is 1.47. The van der Waals surface area contributed by atoms with Crippen LogP contribution in [0.15, 0.2) is 18.5 Å². The number of aromatic amines is 1. The van der Waals surface area contributed by atoms with Gasteiger partial charge in [0.2, 0.25) is 0 Å². The standard InChI is InChI=1S/C10H10N2O3/c1-6(13)7-5-11-10-9(7)8(15-2)3-4-12(10)14/h3-5,14H,1-2H3/p+1. The van der Waals surface area contributed by atoms with Crippen LogP contribution in [0.1, 0.15) is 17.3 Å². The predicted octanol–water partition coefficient (Wildman–Crippen LogP) is 0.904. The third-order valence-electron chi connectivity index (χ3n) is 2.30. The summed E-state index contributed by atoms with van der Waals surface area (Å²) in [5.74, 6) is 0.479. The van der Waals surface area contributed by atoms with Crippen LogP contribution in [0.3, 0.4) is 0 Å². The lowest BCUT2D eigenvalue weighted by Crippen LogP contribution is -2.30. The van der Waals surface area contributed by atoms with E-state index in [-0.39, 0.29) is 5.78 Å². The first-order valence-corrected chi connectivity index (χ1v) is 4.45. The number of aromatic nitrogens is 2. The molecule has 0 saturated carbocycles. The topological polar surface area (TPSA) is 66.2 Å². The van der Waals surface area contributed by atoms with Crippen molar-refractivity contribution >= 4 is 16.8 Å². The van der Waals surface area contributed by atoms with Crippen molar-refractivity contribution in [3.63, 3.8) is 0 Å². The van der Waals surface area contributed by atoms with Crippen LogP contribution in [0, 0.1) is 0 Å². The van der Waals surface area contributed by atoms with Gasteiger partial charge in [-0.3, -0.25) is 4.79 Å². The molecule has 2 aromatic heterocycles. The molecule has 15 heavy (non-hydrogen) atoms. The molecule has 2 N–H and O–H groups in total. The van der Waals surface area contributed by atoms with Gasteiger partial charge in [0.1, 0.15) is 23.5 Å². The third kappa shape index (κ3) is 1.32.